The van der Waals surface area contributed by atoms with Gasteiger partial charge in [-0.25, -0.2) is 4.39 Å². The van der Waals surface area contributed by atoms with Gasteiger partial charge in [-0.1, -0.05) is 4.49 Å². The lowest BCUT2D eigenvalue weighted by Crippen LogP contribution is -2.18. The second-order valence-electron chi connectivity index (χ2n) is 4.61. The second kappa shape index (κ2) is 5.52. The summed E-state index contributed by atoms with van der Waals surface area (Å²) in [4.78, 5) is 2.10. The van der Waals surface area contributed by atoms with Gasteiger partial charge >= 0.3 is 0 Å². The first-order chi connectivity index (χ1) is 9.33. The average molecular weight is 278 g/mol. The molecule has 2 heterocycles. The van der Waals surface area contributed by atoms with Gasteiger partial charge in [0.2, 0.25) is 0 Å². The number of nitrogens with zero attached hydrogens (tertiary/aromatic N) is 3. The lowest BCUT2D eigenvalue weighted by molar-refractivity contribution is 0.623. The van der Waals surface area contributed by atoms with E-state index in [1.54, 1.807) is 6.07 Å². The summed E-state index contributed by atoms with van der Waals surface area (Å²) >= 11 is 1.32. The maximum absolute atomic E-state index is 14.1. The van der Waals surface area contributed by atoms with E-state index in [9.17, 15) is 4.39 Å². The van der Waals surface area contributed by atoms with Crippen molar-refractivity contribution in [2.24, 2.45) is 0 Å². The SMILES string of the molecule is Fc1cc(NCc2csnn2)ccc1N1CCCC1. The average Bonchev–Trinajstić information content (AvgIpc) is 3.10. The normalized spacial score (nSPS) is 14.9. The van der Waals surface area contributed by atoms with Crippen molar-refractivity contribution in [2.75, 3.05) is 23.3 Å². The monoisotopic (exact) mass is 278 g/mol. The number of benzene rings is 1. The van der Waals surface area contributed by atoms with Crippen molar-refractivity contribution in [3.05, 3.63) is 35.1 Å². The zero-order valence-electron chi connectivity index (χ0n) is 10.5. The quantitative estimate of drug-likeness (QED) is 0.933. The minimum absolute atomic E-state index is 0.164. The summed E-state index contributed by atoms with van der Waals surface area (Å²) in [5, 5.41) is 8.97. The Kier molecular flexibility index (Phi) is 3.59. The largest absolute Gasteiger partial charge is 0.379 e. The van der Waals surface area contributed by atoms with E-state index in [-0.39, 0.29) is 5.82 Å². The highest BCUT2D eigenvalue weighted by atomic mass is 32.1. The molecule has 0 amide bonds. The van der Waals surface area contributed by atoms with Gasteiger partial charge in [-0.05, 0) is 42.6 Å². The highest BCUT2D eigenvalue weighted by Gasteiger charge is 2.16. The van der Waals surface area contributed by atoms with Crippen molar-refractivity contribution < 1.29 is 4.39 Å². The summed E-state index contributed by atoms with van der Waals surface area (Å²) in [6.07, 6.45) is 2.30. The fourth-order valence-electron chi connectivity index (χ4n) is 2.28. The smallest absolute Gasteiger partial charge is 0.148 e. The summed E-state index contributed by atoms with van der Waals surface area (Å²) in [5.74, 6) is -0.164. The Bertz CT molecular complexity index is 538. The summed E-state index contributed by atoms with van der Waals surface area (Å²) < 4.78 is 17.8. The molecule has 2 aromatic rings. The van der Waals surface area contributed by atoms with Crippen LogP contribution in [0.1, 0.15) is 18.5 Å². The Balaban J connectivity index is 1.68. The van der Waals surface area contributed by atoms with E-state index < -0.39 is 0 Å². The Morgan fingerprint density at radius 3 is 2.84 bits per heavy atom. The maximum atomic E-state index is 14.1. The van der Waals surface area contributed by atoms with Gasteiger partial charge < -0.3 is 10.2 Å². The number of rotatable bonds is 4. The molecule has 1 aromatic heterocycles. The number of nitrogens with one attached hydrogen (secondary N) is 1. The van der Waals surface area contributed by atoms with Crippen LogP contribution in [0.2, 0.25) is 0 Å². The van der Waals surface area contributed by atoms with Crippen LogP contribution in [0.3, 0.4) is 0 Å². The third-order valence-corrected chi connectivity index (χ3v) is 3.83. The first-order valence-electron chi connectivity index (χ1n) is 6.37. The first-order valence-corrected chi connectivity index (χ1v) is 7.21. The van der Waals surface area contributed by atoms with Crippen LogP contribution in [0.15, 0.2) is 23.6 Å². The molecule has 6 heteroatoms. The van der Waals surface area contributed by atoms with Crippen molar-refractivity contribution in [1.29, 1.82) is 0 Å². The fourth-order valence-corrected chi connectivity index (χ4v) is 2.74. The molecular weight excluding hydrogens is 263 g/mol. The zero-order chi connectivity index (χ0) is 13.1. The molecule has 1 aliphatic heterocycles. The zero-order valence-corrected chi connectivity index (χ0v) is 11.3. The highest BCUT2D eigenvalue weighted by Crippen LogP contribution is 2.26. The number of hydrogen-bond donors (Lipinski definition) is 1. The lowest BCUT2D eigenvalue weighted by Gasteiger charge is -2.18. The second-order valence-corrected chi connectivity index (χ2v) is 5.22. The van der Waals surface area contributed by atoms with Crippen molar-refractivity contribution in [2.45, 2.75) is 19.4 Å². The van der Waals surface area contributed by atoms with Crippen LogP contribution in [0, 0.1) is 5.82 Å². The van der Waals surface area contributed by atoms with Crippen molar-refractivity contribution in [3.63, 3.8) is 0 Å². The molecule has 0 bridgehead atoms. The topological polar surface area (TPSA) is 41.1 Å². The van der Waals surface area contributed by atoms with Crippen molar-refractivity contribution in [1.82, 2.24) is 9.59 Å². The van der Waals surface area contributed by atoms with E-state index in [0.29, 0.717) is 12.2 Å². The molecule has 0 aliphatic carbocycles. The van der Waals surface area contributed by atoms with E-state index in [4.69, 9.17) is 0 Å². The molecule has 0 saturated carbocycles. The third kappa shape index (κ3) is 2.84. The van der Waals surface area contributed by atoms with Gasteiger partial charge in [0.25, 0.3) is 0 Å². The van der Waals surface area contributed by atoms with Crippen molar-refractivity contribution in [3.8, 4) is 0 Å². The molecule has 0 unspecified atom stereocenters. The predicted octanol–water partition coefficient (Wildman–Crippen LogP) is 2.89. The number of anilines is 2. The molecule has 1 aromatic carbocycles. The van der Waals surface area contributed by atoms with Crippen LogP contribution in [0.4, 0.5) is 15.8 Å². The van der Waals surface area contributed by atoms with Crippen LogP contribution in [-0.4, -0.2) is 22.7 Å². The summed E-state index contributed by atoms with van der Waals surface area (Å²) in [6.45, 7) is 2.47. The molecule has 1 aliphatic rings. The van der Waals surface area contributed by atoms with E-state index in [2.05, 4.69) is 19.8 Å². The van der Waals surface area contributed by atoms with Gasteiger partial charge in [0.1, 0.15) is 5.82 Å². The van der Waals surface area contributed by atoms with Crippen LogP contribution >= 0.6 is 11.5 Å². The number of hydrogen-bond acceptors (Lipinski definition) is 5. The minimum Gasteiger partial charge on any atom is -0.379 e. The minimum atomic E-state index is -0.164. The molecule has 1 fully saturated rings. The highest BCUT2D eigenvalue weighted by molar-refractivity contribution is 7.03. The molecular formula is C13H15FN4S. The van der Waals surface area contributed by atoms with Gasteiger partial charge in [0.15, 0.2) is 0 Å². The lowest BCUT2D eigenvalue weighted by atomic mass is 10.2. The molecule has 4 nitrogen and oxygen atoms in total. The standard InChI is InChI=1S/C13H15FN4S/c14-12-7-10(15-8-11-9-19-17-16-11)3-4-13(12)18-5-1-2-6-18/h3-4,7,9,15H,1-2,5-6,8H2. The Morgan fingerprint density at radius 1 is 1.32 bits per heavy atom. The van der Waals surface area contributed by atoms with Crippen LogP contribution in [0.25, 0.3) is 0 Å². The summed E-state index contributed by atoms with van der Waals surface area (Å²) in [7, 11) is 0. The Labute approximate surface area is 115 Å². The summed E-state index contributed by atoms with van der Waals surface area (Å²) in [5.41, 5.74) is 2.35. The van der Waals surface area contributed by atoms with Crippen molar-refractivity contribution >= 4 is 22.9 Å². The van der Waals surface area contributed by atoms with Gasteiger partial charge in [0.05, 0.1) is 17.9 Å². The van der Waals surface area contributed by atoms with E-state index in [1.807, 2.05) is 17.5 Å². The summed E-state index contributed by atoms with van der Waals surface area (Å²) in [6, 6.07) is 5.31. The van der Waals surface area contributed by atoms with Crippen LogP contribution in [-0.2, 0) is 6.54 Å². The number of aromatic nitrogens is 2. The van der Waals surface area contributed by atoms with Crippen LogP contribution in [0.5, 0.6) is 0 Å². The molecule has 3 rings (SSSR count). The third-order valence-electron chi connectivity index (χ3n) is 3.27. The number of halogens is 1. The van der Waals surface area contributed by atoms with Crippen LogP contribution < -0.4 is 10.2 Å². The maximum Gasteiger partial charge on any atom is 0.148 e. The van der Waals surface area contributed by atoms with E-state index in [0.717, 1.165) is 37.3 Å². The molecule has 1 saturated heterocycles. The molecule has 1 N–H and O–H groups in total. The van der Waals surface area contributed by atoms with Gasteiger partial charge in [-0.2, -0.15) is 0 Å². The molecule has 100 valence electrons. The van der Waals surface area contributed by atoms with Gasteiger partial charge in [-0.3, -0.25) is 0 Å². The molecule has 0 atom stereocenters. The first kappa shape index (κ1) is 12.3. The molecule has 19 heavy (non-hydrogen) atoms. The van der Waals surface area contributed by atoms with E-state index in [1.165, 1.54) is 11.5 Å². The van der Waals surface area contributed by atoms with Gasteiger partial charge in [0, 0.05) is 24.2 Å². The Morgan fingerprint density at radius 2 is 2.16 bits per heavy atom. The van der Waals surface area contributed by atoms with E-state index >= 15 is 0 Å². The Hall–Kier alpha value is -1.69. The fraction of sp³-hybridized carbons (Fsp3) is 0.385. The molecule has 0 spiro atoms. The predicted molar refractivity (Wildman–Crippen MR) is 75.1 cm³/mol. The van der Waals surface area contributed by atoms with Gasteiger partial charge in [-0.15, -0.1) is 5.10 Å². The molecule has 0 radical (unpaired) electrons.